The number of nitrogens with zero attached hydrogens (tertiary/aromatic N) is 2. The monoisotopic (exact) mass is 267 g/mol. The lowest BCUT2D eigenvalue weighted by Gasteiger charge is -2.45. The van der Waals surface area contributed by atoms with Crippen LogP contribution in [0.25, 0.3) is 0 Å². The molecule has 1 aromatic rings. The molecule has 0 bridgehead atoms. The minimum atomic E-state index is 0.391. The van der Waals surface area contributed by atoms with E-state index in [0.717, 1.165) is 13.1 Å². The molecule has 3 nitrogen and oxygen atoms in total. The number of hydrogen-bond donors (Lipinski definition) is 1. The molecule has 1 aliphatic rings. The molecule has 1 saturated heterocycles. The second-order valence-corrected chi connectivity index (χ2v) is 6.84. The number of likely N-dealkylation sites (N-methyl/N-ethyl adjacent to an activating group) is 1. The zero-order chi connectivity index (χ0) is 13.3. The number of rotatable bonds is 3. The zero-order valence-electron chi connectivity index (χ0n) is 11.9. The molecule has 3 unspecified atom stereocenters. The lowest BCUT2D eigenvalue weighted by molar-refractivity contribution is 0.0360. The van der Waals surface area contributed by atoms with Gasteiger partial charge < -0.3 is 5.73 Å². The molecule has 0 amide bonds. The van der Waals surface area contributed by atoms with Crippen molar-refractivity contribution < 1.29 is 0 Å². The van der Waals surface area contributed by atoms with Crippen molar-refractivity contribution >= 4 is 11.3 Å². The van der Waals surface area contributed by atoms with Crippen LogP contribution in [0.5, 0.6) is 0 Å². The lowest BCUT2D eigenvalue weighted by Crippen LogP contribution is -2.56. The van der Waals surface area contributed by atoms with Crippen molar-refractivity contribution in [2.45, 2.75) is 38.9 Å². The molecule has 1 fully saturated rings. The van der Waals surface area contributed by atoms with E-state index < -0.39 is 0 Å². The van der Waals surface area contributed by atoms with E-state index in [1.54, 1.807) is 0 Å². The first-order chi connectivity index (χ1) is 8.52. The first kappa shape index (κ1) is 14.0. The average molecular weight is 267 g/mol. The molecule has 18 heavy (non-hydrogen) atoms. The molecule has 2 N–H and O–H groups in total. The molecular weight excluding hydrogens is 242 g/mol. The Morgan fingerprint density at radius 1 is 1.33 bits per heavy atom. The molecule has 2 heterocycles. The molecule has 1 aromatic heterocycles. The fourth-order valence-corrected chi connectivity index (χ4v) is 3.80. The number of thiophene rings is 1. The quantitative estimate of drug-likeness (QED) is 0.910. The molecule has 4 heteroatoms. The van der Waals surface area contributed by atoms with Gasteiger partial charge in [0, 0.05) is 41.5 Å². The number of nitrogens with two attached hydrogens (primary N) is 1. The molecule has 1 aliphatic heterocycles. The Balaban J connectivity index is 2.13. The van der Waals surface area contributed by atoms with Crippen molar-refractivity contribution in [3.05, 3.63) is 21.9 Å². The standard InChI is InChI=1S/C14H25N3S/c1-10-8-17(9-11(2)16(10)4)13(7-15)14-6-5-12(3)18-14/h5-6,10-11,13H,7-9,15H2,1-4H3. The predicted molar refractivity (Wildman–Crippen MR) is 79.1 cm³/mol. The maximum Gasteiger partial charge on any atom is 0.0565 e. The van der Waals surface area contributed by atoms with Crippen LogP contribution in [-0.4, -0.2) is 48.6 Å². The van der Waals surface area contributed by atoms with Crippen molar-refractivity contribution in [3.8, 4) is 0 Å². The minimum absolute atomic E-state index is 0.391. The summed E-state index contributed by atoms with van der Waals surface area (Å²) in [6.07, 6.45) is 0. The maximum atomic E-state index is 6.02. The SMILES string of the molecule is Cc1ccc(C(CN)N2CC(C)N(C)C(C)C2)s1. The van der Waals surface area contributed by atoms with E-state index in [1.807, 2.05) is 11.3 Å². The smallest absolute Gasteiger partial charge is 0.0565 e. The van der Waals surface area contributed by atoms with E-state index >= 15 is 0 Å². The van der Waals surface area contributed by atoms with Crippen molar-refractivity contribution in [1.82, 2.24) is 9.80 Å². The summed E-state index contributed by atoms with van der Waals surface area (Å²) in [5.74, 6) is 0. The number of aryl methyl sites for hydroxylation is 1. The van der Waals surface area contributed by atoms with Crippen LogP contribution in [0.4, 0.5) is 0 Å². The highest BCUT2D eigenvalue weighted by Crippen LogP contribution is 2.29. The first-order valence-electron chi connectivity index (χ1n) is 6.75. The molecule has 0 radical (unpaired) electrons. The van der Waals surface area contributed by atoms with Gasteiger partial charge in [-0.05, 0) is 40.0 Å². The van der Waals surface area contributed by atoms with Gasteiger partial charge in [-0.25, -0.2) is 0 Å². The molecule has 0 saturated carbocycles. The van der Waals surface area contributed by atoms with E-state index in [1.165, 1.54) is 9.75 Å². The maximum absolute atomic E-state index is 6.02. The highest BCUT2D eigenvalue weighted by atomic mass is 32.1. The summed E-state index contributed by atoms with van der Waals surface area (Å²) in [5.41, 5.74) is 6.02. The summed E-state index contributed by atoms with van der Waals surface area (Å²) in [4.78, 5) is 7.81. The van der Waals surface area contributed by atoms with Gasteiger partial charge in [-0.2, -0.15) is 0 Å². The van der Waals surface area contributed by atoms with Crippen LogP contribution in [0, 0.1) is 6.92 Å². The number of piperazine rings is 1. The van der Waals surface area contributed by atoms with Crippen LogP contribution in [0.1, 0.15) is 29.6 Å². The fourth-order valence-electron chi connectivity index (χ4n) is 2.78. The molecule has 102 valence electrons. The highest BCUT2D eigenvalue weighted by Gasteiger charge is 2.31. The predicted octanol–water partition coefficient (Wildman–Crippen LogP) is 2.08. The first-order valence-corrected chi connectivity index (χ1v) is 7.57. The third-order valence-corrected chi connectivity index (χ3v) is 5.24. The van der Waals surface area contributed by atoms with Crippen molar-refractivity contribution in [2.24, 2.45) is 5.73 Å². The Morgan fingerprint density at radius 2 is 1.94 bits per heavy atom. The van der Waals surface area contributed by atoms with Gasteiger partial charge in [0.2, 0.25) is 0 Å². The Labute approximate surface area is 115 Å². The van der Waals surface area contributed by atoms with Crippen molar-refractivity contribution in [3.63, 3.8) is 0 Å². The van der Waals surface area contributed by atoms with Crippen LogP contribution >= 0.6 is 11.3 Å². The lowest BCUT2D eigenvalue weighted by atomic mass is 10.1. The largest absolute Gasteiger partial charge is 0.329 e. The Kier molecular flexibility index (Phi) is 4.43. The van der Waals surface area contributed by atoms with E-state index in [2.05, 4.69) is 49.8 Å². The second-order valence-electron chi connectivity index (χ2n) is 5.52. The van der Waals surface area contributed by atoms with Crippen molar-refractivity contribution in [1.29, 1.82) is 0 Å². The summed E-state index contributed by atoms with van der Waals surface area (Å²) >= 11 is 1.88. The second kappa shape index (κ2) is 5.70. The van der Waals surface area contributed by atoms with E-state index in [4.69, 9.17) is 5.73 Å². The van der Waals surface area contributed by atoms with Gasteiger partial charge in [-0.3, -0.25) is 9.80 Å². The van der Waals surface area contributed by atoms with Gasteiger partial charge in [0.1, 0.15) is 0 Å². The Bertz CT molecular complexity index is 378. The summed E-state index contributed by atoms with van der Waals surface area (Å²) < 4.78 is 0. The van der Waals surface area contributed by atoms with Gasteiger partial charge >= 0.3 is 0 Å². The highest BCUT2D eigenvalue weighted by molar-refractivity contribution is 7.12. The summed E-state index contributed by atoms with van der Waals surface area (Å²) in [5, 5.41) is 0. The van der Waals surface area contributed by atoms with Crippen LogP contribution < -0.4 is 5.73 Å². The van der Waals surface area contributed by atoms with Crippen LogP contribution in [0.3, 0.4) is 0 Å². The normalized spacial score (nSPS) is 28.5. The molecule has 0 aromatic carbocycles. The third-order valence-electron chi connectivity index (χ3n) is 4.14. The zero-order valence-corrected chi connectivity index (χ0v) is 12.7. The average Bonchev–Trinajstić information content (AvgIpc) is 2.73. The Morgan fingerprint density at radius 3 is 2.39 bits per heavy atom. The summed E-state index contributed by atoms with van der Waals surface area (Å²) in [7, 11) is 2.22. The topological polar surface area (TPSA) is 32.5 Å². The fraction of sp³-hybridized carbons (Fsp3) is 0.714. The third kappa shape index (κ3) is 2.77. The van der Waals surface area contributed by atoms with Gasteiger partial charge in [0.25, 0.3) is 0 Å². The van der Waals surface area contributed by atoms with Crippen LogP contribution in [-0.2, 0) is 0 Å². The van der Waals surface area contributed by atoms with Gasteiger partial charge in [0.15, 0.2) is 0 Å². The molecule has 2 rings (SSSR count). The van der Waals surface area contributed by atoms with Gasteiger partial charge in [-0.15, -0.1) is 11.3 Å². The molecular formula is C14H25N3S. The van der Waals surface area contributed by atoms with Crippen LogP contribution in [0.2, 0.25) is 0 Å². The number of hydrogen-bond acceptors (Lipinski definition) is 4. The molecule has 0 aliphatic carbocycles. The molecule has 0 spiro atoms. The summed E-state index contributed by atoms with van der Waals surface area (Å²) in [6.45, 7) is 9.70. The van der Waals surface area contributed by atoms with Gasteiger partial charge in [-0.1, -0.05) is 0 Å². The van der Waals surface area contributed by atoms with E-state index in [9.17, 15) is 0 Å². The molecule has 3 atom stereocenters. The van der Waals surface area contributed by atoms with E-state index in [0.29, 0.717) is 24.7 Å². The minimum Gasteiger partial charge on any atom is -0.329 e. The van der Waals surface area contributed by atoms with Gasteiger partial charge in [0.05, 0.1) is 6.04 Å². The van der Waals surface area contributed by atoms with Crippen LogP contribution in [0.15, 0.2) is 12.1 Å². The summed E-state index contributed by atoms with van der Waals surface area (Å²) in [6, 6.07) is 6.03. The van der Waals surface area contributed by atoms with E-state index in [-0.39, 0.29) is 0 Å². The van der Waals surface area contributed by atoms with Crippen molar-refractivity contribution in [2.75, 3.05) is 26.7 Å². The Hall–Kier alpha value is -0.420.